The minimum atomic E-state index is 0.260. The largest absolute Gasteiger partial charge is 0.480 e. The number of anilines is 1. The summed E-state index contributed by atoms with van der Waals surface area (Å²) in [6.45, 7) is 3.79. The minimum absolute atomic E-state index is 0.260. The van der Waals surface area contributed by atoms with E-state index in [1.54, 1.807) is 25.7 Å². The molecule has 0 saturated carbocycles. The number of methoxy groups -OCH3 is 2. The lowest BCUT2D eigenvalue weighted by Crippen LogP contribution is -2.45. The summed E-state index contributed by atoms with van der Waals surface area (Å²) >= 11 is 0. The molecule has 23 heavy (non-hydrogen) atoms. The van der Waals surface area contributed by atoms with Crippen LogP contribution in [0, 0.1) is 0 Å². The van der Waals surface area contributed by atoms with Gasteiger partial charge in [0.05, 0.1) is 19.8 Å². The summed E-state index contributed by atoms with van der Waals surface area (Å²) in [5, 5.41) is 0. The quantitative estimate of drug-likeness (QED) is 0.816. The summed E-state index contributed by atoms with van der Waals surface area (Å²) in [6, 6.07) is 0.260. The van der Waals surface area contributed by atoms with Crippen LogP contribution in [0.4, 0.5) is 5.82 Å². The van der Waals surface area contributed by atoms with Crippen LogP contribution in [-0.2, 0) is 0 Å². The van der Waals surface area contributed by atoms with Crippen molar-refractivity contribution in [2.24, 2.45) is 0 Å². The van der Waals surface area contributed by atoms with Gasteiger partial charge in [-0.2, -0.15) is 4.98 Å². The topological polar surface area (TPSA) is 76.5 Å². The van der Waals surface area contributed by atoms with Crippen LogP contribution in [-0.4, -0.2) is 72.3 Å². The first-order chi connectivity index (χ1) is 11.2. The molecular formula is C15H20N6O2. The molecule has 0 unspecified atom stereocenters. The maximum atomic E-state index is 5.38. The Bertz CT molecular complexity index is 673. The average Bonchev–Trinajstić information content (AvgIpc) is 2.62. The summed E-state index contributed by atoms with van der Waals surface area (Å²) < 4.78 is 10.4. The van der Waals surface area contributed by atoms with E-state index < -0.39 is 0 Å². The third kappa shape index (κ3) is 3.16. The Morgan fingerprint density at radius 3 is 2.39 bits per heavy atom. The van der Waals surface area contributed by atoms with Gasteiger partial charge in [0.2, 0.25) is 5.88 Å². The molecule has 1 fully saturated rings. The average molecular weight is 316 g/mol. The van der Waals surface area contributed by atoms with Gasteiger partial charge in [0.25, 0.3) is 0 Å². The Labute approximate surface area is 135 Å². The fourth-order valence-corrected chi connectivity index (χ4v) is 2.54. The maximum absolute atomic E-state index is 5.38. The molecule has 0 N–H and O–H groups in total. The van der Waals surface area contributed by atoms with Crippen LogP contribution in [0.2, 0.25) is 0 Å². The van der Waals surface area contributed by atoms with E-state index in [0.717, 1.165) is 37.7 Å². The summed E-state index contributed by atoms with van der Waals surface area (Å²) in [4.78, 5) is 21.9. The Hall–Kier alpha value is -2.48. The summed E-state index contributed by atoms with van der Waals surface area (Å²) in [5.41, 5.74) is 1.42. The van der Waals surface area contributed by atoms with Gasteiger partial charge in [0, 0.05) is 44.8 Å². The normalized spacial score (nSPS) is 15.5. The molecule has 0 aliphatic carbocycles. The van der Waals surface area contributed by atoms with Crippen molar-refractivity contribution in [1.82, 2.24) is 24.8 Å². The lowest BCUT2D eigenvalue weighted by molar-refractivity contribution is 0.312. The molecule has 2 aromatic heterocycles. The molecule has 1 aliphatic heterocycles. The molecule has 0 radical (unpaired) electrons. The van der Waals surface area contributed by atoms with Gasteiger partial charge in [0.15, 0.2) is 5.82 Å². The standard InChI is InChI=1S/C15H20N6O2/c1-20-6-8-21(9-7-20)13-12(16-4-5-17-13)11-10-18-15(23-3)19-14(11)22-2/h4-5,10H,6-9H2,1-3H3. The number of hydrogen-bond donors (Lipinski definition) is 0. The number of piperazine rings is 1. The van der Waals surface area contributed by atoms with Crippen molar-refractivity contribution in [3.05, 3.63) is 18.6 Å². The molecule has 8 heteroatoms. The van der Waals surface area contributed by atoms with Crippen molar-refractivity contribution in [3.8, 4) is 23.1 Å². The van der Waals surface area contributed by atoms with Gasteiger partial charge in [0.1, 0.15) is 5.69 Å². The smallest absolute Gasteiger partial charge is 0.319 e. The Kier molecular flexibility index (Phi) is 4.52. The van der Waals surface area contributed by atoms with Gasteiger partial charge in [-0.05, 0) is 7.05 Å². The second-order valence-electron chi connectivity index (χ2n) is 5.30. The van der Waals surface area contributed by atoms with E-state index >= 15 is 0 Å². The molecule has 122 valence electrons. The molecule has 2 aromatic rings. The van der Waals surface area contributed by atoms with Crippen molar-refractivity contribution in [2.45, 2.75) is 0 Å². The molecule has 3 heterocycles. The van der Waals surface area contributed by atoms with E-state index in [9.17, 15) is 0 Å². The highest BCUT2D eigenvalue weighted by molar-refractivity contribution is 5.75. The van der Waals surface area contributed by atoms with Crippen LogP contribution in [0.15, 0.2) is 18.6 Å². The molecule has 0 atom stereocenters. The van der Waals surface area contributed by atoms with Gasteiger partial charge in [-0.1, -0.05) is 0 Å². The van der Waals surface area contributed by atoms with Gasteiger partial charge in [-0.25, -0.2) is 9.97 Å². The van der Waals surface area contributed by atoms with Crippen LogP contribution < -0.4 is 14.4 Å². The molecule has 1 saturated heterocycles. The predicted molar refractivity (Wildman–Crippen MR) is 85.9 cm³/mol. The number of nitrogens with zero attached hydrogens (tertiary/aromatic N) is 6. The molecule has 3 rings (SSSR count). The van der Waals surface area contributed by atoms with Crippen LogP contribution >= 0.6 is 0 Å². The highest BCUT2D eigenvalue weighted by atomic mass is 16.5. The van der Waals surface area contributed by atoms with Gasteiger partial charge < -0.3 is 19.3 Å². The predicted octanol–water partition coefficient (Wildman–Crippen LogP) is 0.703. The van der Waals surface area contributed by atoms with Crippen molar-refractivity contribution >= 4 is 5.82 Å². The zero-order chi connectivity index (χ0) is 16.2. The number of rotatable bonds is 4. The molecule has 0 aromatic carbocycles. The Balaban J connectivity index is 2.00. The molecule has 0 amide bonds. The number of ether oxygens (including phenoxy) is 2. The lowest BCUT2D eigenvalue weighted by Gasteiger charge is -2.33. The zero-order valence-electron chi connectivity index (χ0n) is 13.6. The first-order valence-corrected chi connectivity index (χ1v) is 7.43. The molecule has 8 nitrogen and oxygen atoms in total. The fraction of sp³-hybridized carbons (Fsp3) is 0.467. The van der Waals surface area contributed by atoms with Gasteiger partial charge in [-0.15, -0.1) is 0 Å². The second kappa shape index (κ2) is 6.74. The van der Waals surface area contributed by atoms with Crippen molar-refractivity contribution in [1.29, 1.82) is 0 Å². The van der Waals surface area contributed by atoms with Gasteiger partial charge in [-0.3, -0.25) is 4.98 Å². The van der Waals surface area contributed by atoms with E-state index in [2.05, 4.69) is 36.8 Å². The Morgan fingerprint density at radius 1 is 0.957 bits per heavy atom. The van der Waals surface area contributed by atoms with Crippen molar-refractivity contribution in [3.63, 3.8) is 0 Å². The highest BCUT2D eigenvalue weighted by Crippen LogP contribution is 2.33. The molecule has 1 aliphatic rings. The lowest BCUT2D eigenvalue weighted by atomic mass is 10.2. The minimum Gasteiger partial charge on any atom is -0.480 e. The highest BCUT2D eigenvalue weighted by Gasteiger charge is 2.22. The summed E-state index contributed by atoms with van der Waals surface area (Å²) in [5.74, 6) is 1.25. The monoisotopic (exact) mass is 316 g/mol. The number of hydrogen-bond acceptors (Lipinski definition) is 8. The fourth-order valence-electron chi connectivity index (χ4n) is 2.54. The van der Waals surface area contributed by atoms with E-state index in [4.69, 9.17) is 9.47 Å². The number of likely N-dealkylation sites (N-methyl/N-ethyl adjacent to an activating group) is 1. The summed E-state index contributed by atoms with van der Waals surface area (Å²) in [6.07, 6.45) is 5.03. The third-order valence-electron chi connectivity index (χ3n) is 3.84. The molecule has 0 bridgehead atoms. The summed E-state index contributed by atoms with van der Waals surface area (Å²) in [7, 11) is 5.21. The van der Waals surface area contributed by atoms with Crippen LogP contribution in [0.25, 0.3) is 11.3 Å². The van der Waals surface area contributed by atoms with Crippen molar-refractivity contribution in [2.75, 3.05) is 52.3 Å². The van der Waals surface area contributed by atoms with Gasteiger partial charge >= 0.3 is 6.01 Å². The van der Waals surface area contributed by atoms with E-state index in [1.807, 2.05) is 0 Å². The van der Waals surface area contributed by atoms with E-state index in [1.165, 1.54) is 7.11 Å². The van der Waals surface area contributed by atoms with E-state index in [-0.39, 0.29) is 6.01 Å². The van der Waals surface area contributed by atoms with Crippen molar-refractivity contribution < 1.29 is 9.47 Å². The molecule has 0 spiro atoms. The molecular weight excluding hydrogens is 296 g/mol. The first-order valence-electron chi connectivity index (χ1n) is 7.43. The van der Waals surface area contributed by atoms with Crippen LogP contribution in [0.5, 0.6) is 11.9 Å². The van der Waals surface area contributed by atoms with E-state index in [0.29, 0.717) is 11.4 Å². The Morgan fingerprint density at radius 2 is 1.70 bits per heavy atom. The first kappa shape index (κ1) is 15.4. The van der Waals surface area contributed by atoms with Crippen LogP contribution in [0.1, 0.15) is 0 Å². The third-order valence-corrected chi connectivity index (χ3v) is 3.84. The SMILES string of the molecule is COc1ncc(-c2nccnc2N2CCN(C)CC2)c(OC)n1. The zero-order valence-corrected chi connectivity index (χ0v) is 13.6. The number of aromatic nitrogens is 4. The maximum Gasteiger partial charge on any atom is 0.319 e. The second-order valence-corrected chi connectivity index (χ2v) is 5.30. The van der Waals surface area contributed by atoms with Crippen LogP contribution in [0.3, 0.4) is 0 Å².